The first-order valence-electron chi connectivity index (χ1n) is 7.55. The standard InChI is InChI=1S/C14H26N6O/c1-5-9-15-11-17-12(19-13(18-11)20(2)3)16-10-14(21-4)7-6-8-14/h5-10H2,1-4H3,(H2,15,16,17,18,19). The summed E-state index contributed by atoms with van der Waals surface area (Å²) in [5.74, 6) is 1.85. The third-order valence-electron chi connectivity index (χ3n) is 3.82. The van der Waals surface area contributed by atoms with Crippen molar-refractivity contribution in [3.05, 3.63) is 0 Å². The Kier molecular flexibility index (Phi) is 5.17. The largest absolute Gasteiger partial charge is 0.376 e. The zero-order valence-corrected chi connectivity index (χ0v) is 13.4. The third kappa shape index (κ3) is 3.93. The van der Waals surface area contributed by atoms with E-state index in [1.54, 1.807) is 7.11 Å². The van der Waals surface area contributed by atoms with E-state index < -0.39 is 0 Å². The molecule has 0 bridgehead atoms. The van der Waals surface area contributed by atoms with Crippen molar-refractivity contribution in [1.29, 1.82) is 0 Å². The predicted molar refractivity (Wildman–Crippen MR) is 85.0 cm³/mol. The first kappa shape index (κ1) is 15.8. The molecule has 0 spiro atoms. The van der Waals surface area contributed by atoms with Gasteiger partial charge in [-0.2, -0.15) is 15.0 Å². The summed E-state index contributed by atoms with van der Waals surface area (Å²) in [6.07, 6.45) is 4.42. The topological polar surface area (TPSA) is 75.2 Å². The Morgan fingerprint density at radius 3 is 2.29 bits per heavy atom. The normalized spacial score (nSPS) is 16.2. The molecular formula is C14H26N6O. The fourth-order valence-electron chi connectivity index (χ4n) is 2.22. The molecule has 0 radical (unpaired) electrons. The molecular weight excluding hydrogens is 268 g/mol. The van der Waals surface area contributed by atoms with E-state index in [-0.39, 0.29) is 5.60 Å². The van der Waals surface area contributed by atoms with E-state index in [4.69, 9.17) is 4.74 Å². The second kappa shape index (κ2) is 6.89. The van der Waals surface area contributed by atoms with Gasteiger partial charge in [0.1, 0.15) is 0 Å². The lowest BCUT2D eigenvalue weighted by Crippen LogP contribution is -2.45. The number of nitrogens with one attached hydrogen (secondary N) is 2. The van der Waals surface area contributed by atoms with Crippen molar-refractivity contribution in [1.82, 2.24) is 15.0 Å². The number of hydrogen-bond acceptors (Lipinski definition) is 7. The lowest BCUT2D eigenvalue weighted by Gasteiger charge is -2.40. The van der Waals surface area contributed by atoms with Crippen molar-refractivity contribution >= 4 is 17.8 Å². The third-order valence-corrected chi connectivity index (χ3v) is 3.82. The molecule has 0 atom stereocenters. The SMILES string of the molecule is CCCNc1nc(NCC2(OC)CCC2)nc(N(C)C)n1. The highest BCUT2D eigenvalue weighted by atomic mass is 16.5. The van der Waals surface area contributed by atoms with Gasteiger partial charge in [0.05, 0.1) is 5.60 Å². The molecule has 0 amide bonds. The van der Waals surface area contributed by atoms with Crippen LogP contribution < -0.4 is 15.5 Å². The average Bonchev–Trinajstić information content (AvgIpc) is 2.44. The summed E-state index contributed by atoms with van der Waals surface area (Å²) in [6, 6.07) is 0. The monoisotopic (exact) mass is 294 g/mol. The maximum atomic E-state index is 5.61. The highest BCUT2D eigenvalue weighted by Gasteiger charge is 2.36. The number of hydrogen-bond donors (Lipinski definition) is 2. The highest BCUT2D eigenvalue weighted by molar-refractivity contribution is 5.43. The van der Waals surface area contributed by atoms with Gasteiger partial charge in [0.2, 0.25) is 17.8 Å². The number of nitrogens with zero attached hydrogens (tertiary/aromatic N) is 4. The van der Waals surface area contributed by atoms with Gasteiger partial charge in [0.15, 0.2) is 0 Å². The van der Waals surface area contributed by atoms with Gasteiger partial charge in [0, 0.05) is 34.3 Å². The lowest BCUT2D eigenvalue weighted by molar-refractivity contribution is -0.0602. The molecule has 2 rings (SSSR count). The van der Waals surface area contributed by atoms with E-state index in [9.17, 15) is 0 Å². The van der Waals surface area contributed by atoms with Crippen molar-refractivity contribution in [3.8, 4) is 0 Å². The Morgan fingerprint density at radius 2 is 1.81 bits per heavy atom. The van der Waals surface area contributed by atoms with Gasteiger partial charge in [-0.3, -0.25) is 0 Å². The van der Waals surface area contributed by atoms with E-state index in [0.29, 0.717) is 17.8 Å². The van der Waals surface area contributed by atoms with Crippen molar-refractivity contribution in [2.75, 3.05) is 49.8 Å². The number of anilines is 3. The van der Waals surface area contributed by atoms with Crippen LogP contribution in [0.2, 0.25) is 0 Å². The summed E-state index contributed by atoms with van der Waals surface area (Å²) in [7, 11) is 5.62. The Morgan fingerprint density at radius 1 is 1.14 bits per heavy atom. The van der Waals surface area contributed by atoms with E-state index in [0.717, 1.165) is 32.4 Å². The smallest absolute Gasteiger partial charge is 0.231 e. The molecule has 0 saturated heterocycles. The summed E-state index contributed by atoms with van der Waals surface area (Å²) < 4.78 is 5.61. The van der Waals surface area contributed by atoms with Crippen LogP contribution in [0, 0.1) is 0 Å². The molecule has 0 aliphatic heterocycles. The quantitative estimate of drug-likeness (QED) is 0.756. The van der Waals surface area contributed by atoms with Gasteiger partial charge in [-0.25, -0.2) is 0 Å². The fraction of sp³-hybridized carbons (Fsp3) is 0.786. The van der Waals surface area contributed by atoms with Crippen LogP contribution in [0.1, 0.15) is 32.6 Å². The van der Waals surface area contributed by atoms with Crippen molar-refractivity contribution in [2.45, 2.75) is 38.2 Å². The van der Waals surface area contributed by atoms with Gasteiger partial charge >= 0.3 is 0 Å². The highest BCUT2D eigenvalue weighted by Crippen LogP contribution is 2.34. The molecule has 0 unspecified atom stereocenters. The average molecular weight is 294 g/mol. The predicted octanol–water partition coefficient (Wildman–Crippen LogP) is 1.74. The van der Waals surface area contributed by atoms with E-state index >= 15 is 0 Å². The Balaban J connectivity index is 2.07. The number of methoxy groups -OCH3 is 1. The number of rotatable bonds is 8. The molecule has 1 aliphatic rings. The van der Waals surface area contributed by atoms with Crippen LogP contribution in [-0.2, 0) is 4.74 Å². The van der Waals surface area contributed by atoms with Gasteiger partial charge < -0.3 is 20.3 Å². The molecule has 7 nitrogen and oxygen atoms in total. The van der Waals surface area contributed by atoms with Crippen molar-refractivity contribution in [3.63, 3.8) is 0 Å². The first-order chi connectivity index (χ1) is 10.1. The van der Waals surface area contributed by atoms with Crippen LogP contribution >= 0.6 is 0 Å². The second-order valence-corrected chi connectivity index (χ2v) is 5.70. The van der Waals surface area contributed by atoms with Gasteiger partial charge in [0.25, 0.3) is 0 Å². The summed E-state index contributed by atoms with van der Waals surface area (Å²) in [5, 5.41) is 6.51. The van der Waals surface area contributed by atoms with Crippen LogP contribution in [-0.4, -0.2) is 54.8 Å². The summed E-state index contributed by atoms with van der Waals surface area (Å²) in [4.78, 5) is 15.1. The van der Waals surface area contributed by atoms with E-state index in [1.807, 2.05) is 19.0 Å². The maximum Gasteiger partial charge on any atom is 0.231 e. The number of aromatic nitrogens is 3. The molecule has 1 aromatic rings. The molecule has 1 aliphatic carbocycles. The molecule has 0 aromatic carbocycles. The molecule has 7 heteroatoms. The van der Waals surface area contributed by atoms with Crippen LogP contribution in [0.15, 0.2) is 0 Å². The Bertz CT molecular complexity index is 455. The van der Waals surface area contributed by atoms with Crippen LogP contribution in [0.25, 0.3) is 0 Å². The summed E-state index contributed by atoms with van der Waals surface area (Å²) in [5.41, 5.74) is -0.0537. The molecule has 1 fully saturated rings. The van der Waals surface area contributed by atoms with E-state index in [2.05, 4.69) is 32.5 Å². The Labute approximate surface area is 126 Å². The minimum atomic E-state index is -0.0537. The molecule has 2 N–H and O–H groups in total. The molecule has 21 heavy (non-hydrogen) atoms. The first-order valence-corrected chi connectivity index (χ1v) is 7.55. The molecule has 1 aromatic heterocycles. The zero-order chi connectivity index (χ0) is 15.3. The second-order valence-electron chi connectivity index (χ2n) is 5.70. The van der Waals surface area contributed by atoms with Crippen LogP contribution in [0.5, 0.6) is 0 Å². The molecule has 118 valence electrons. The minimum Gasteiger partial charge on any atom is -0.376 e. The lowest BCUT2D eigenvalue weighted by atomic mass is 9.80. The van der Waals surface area contributed by atoms with Crippen molar-refractivity contribution in [2.24, 2.45) is 0 Å². The van der Waals surface area contributed by atoms with E-state index in [1.165, 1.54) is 6.42 Å². The van der Waals surface area contributed by atoms with Gasteiger partial charge in [-0.1, -0.05) is 6.92 Å². The maximum absolute atomic E-state index is 5.61. The molecule has 1 heterocycles. The molecule has 1 saturated carbocycles. The van der Waals surface area contributed by atoms with Crippen LogP contribution in [0.4, 0.5) is 17.8 Å². The number of ether oxygens (including phenoxy) is 1. The zero-order valence-electron chi connectivity index (χ0n) is 13.4. The van der Waals surface area contributed by atoms with Gasteiger partial charge in [-0.05, 0) is 25.7 Å². The van der Waals surface area contributed by atoms with Gasteiger partial charge in [-0.15, -0.1) is 0 Å². The van der Waals surface area contributed by atoms with Crippen molar-refractivity contribution < 1.29 is 4.74 Å². The van der Waals surface area contributed by atoms with Crippen LogP contribution in [0.3, 0.4) is 0 Å². The summed E-state index contributed by atoms with van der Waals surface area (Å²) in [6.45, 7) is 3.69. The summed E-state index contributed by atoms with van der Waals surface area (Å²) >= 11 is 0. The minimum absolute atomic E-state index is 0.0537. The Hall–Kier alpha value is -1.63. The fourth-order valence-corrected chi connectivity index (χ4v) is 2.22.